The maximum absolute atomic E-state index is 12.5. The van der Waals surface area contributed by atoms with Gasteiger partial charge in [-0.05, 0) is 36.8 Å². The van der Waals surface area contributed by atoms with Crippen molar-refractivity contribution in [2.75, 3.05) is 50.1 Å². The largest absolute Gasteiger partial charge is 0.497 e. The molecular weight excluding hydrogens is 398 g/mol. The third-order valence-electron chi connectivity index (χ3n) is 5.36. The van der Waals surface area contributed by atoms with Crippen LogP contribution in [-0.2, 0) is 16.1 Å². The van der Waals surface area contributed by atoms with Crippen molar-refractivity contribution < 1.29 is 19.2 Å². The molecule has 0 aliphatic carbocycles. The van der Waals surface area contributed by atoms with Crippen molar-refractivity contribution in [2.45, 2.75) is 13.5 Å². The van der Waals surface area contributed by atoms with Gasteiger partial charge in [0.1, 0.15) is 12.3 Å². The number of amides is 2. The highest BCUT2D eigenvalue weighted by molar-refractivity contribution is 8.00. The molecule has 2 aromatic carbocycles. The predicted molar refractivity (Wildman–Crippen MR) is 121 cm³/mol. The molecule has 0 radical (unpaired) electrons. The summed E-state index contributed by atoms with van der Waals surface area (Å²) in [5, 5.41) is 2.84. The van der Waals surface area contributed by atoms with Crippen molar-refractivity contribution in [3.63, 3.8) is 0 Å². The van der Waals surface area contributed by atoms with Crippen LogP contribution in [0, 0.1) is 6.92 Å². The quantitative estimate of drug-likeness (QED) is 0.671. The molecule has 6 nitrogen and oxygen atoms in total. The van der Waals surface area contributed by atoms with E-state index in [2.05, 4.69) is 36.5 Å². The van der Waals surface area contributed by atoms with E-state index in [-0.39, 0.29) is 17.6 Å². The molecule has 0 atom stereocenters. The summed E-state index contributed by atoms with van der Waals surface area (Å²) in [6.07, 6.45) is 0. The lowest BCUT2D eigenvalue weighted by Gasteiger charge is -2.32. The molecule has 1 aliphatic heterocycles. The van der Waals surface area contributed by atoms with Gasteiger partial charge in [0.05, 0.1) is 44.8 Å². The average molecular weight is 429 g/mol. The van der Waals surface area contributed by atoms with Crippen molar-refractivity contribution in [1.82, 2.24) is 4.90 Å². The molecule has 160 valence electrons. The van der Waals surface area contributed by atoms with E-state index in [0.29, 0.717) is 5.75 Å². The lowest BCUT2D eigenvalue weighted by molar-refractivity contribution is -0.917. The Labute approximate surface area is 182 Å². The lowest BCUT2D eigenvalue weighted by Crippen LogP contribution is -3.13. The first-order chi connectivity index (χ1) is 14.5. The summed E-state index contributed by atoms with van der Waals surface area (Å²) in [6.45, 7) is 6.63. The van der Waals surface area contributed by atoms with Gasteiger partial charge in [0.25, 0.3) is 0 Å². The zero-order valence-electron chi connectivity index (χ0n) is 17.6. The minimum atomic E-state index is -0.106. The number of rotatable bonds is 8. The fourth-order valence-electron chi connectivity index (χ4n) is 3.52. The number of nitrogens with zero attached hydrogens (tertiary/aromatic N) is 1. The number of methoxy groups -OCH3 is 1. The molecule has 0 bridgehead atoms. The summed E-state index contributed by atoms with van der Waals surface area (Å²) in [5.41, 5.74) is 3.43. The van der Waals surface area contributed by atoms with Crippen molar-refractivity contribution in [2.24, 2.45) is 0 Å². The number of piperazine rings is 1. The van der Waals surface area contributed by atoms with Gasteiger partial charge in [0, 0.05) is 11.3 Å². The van der Waals surface area contributed by atoms with Gasteiger partial charge >= 0.3 is 0 Å². The Morgan fingerprint density at radius 1 is 1.07 bits per heavy atom. The molecule has 2 N–H and O–H groups in total. The molecule has 1 saturated heterocycles. The van der Waals surface area contributed by atoms with Crippen molar-refractivity contribution in [3.8, 4) is 5.75 Å². The van der Waals surface area contributed by atoms with Crippen LogP contribution in [0.4, 0.5) is 5.69 Å². The van der Waals surface area contributed by atoms with Crippen LogP contribution in [0.25, 0.3) is 0 Å². The number of anilines is 1. The zero-order valence-corrected chi connectivity index (χ0v) is 18.5. The van der Waals surface area contributed by atoms with Gasteiger partial charge in [-0.2, -0.15) is 0 Å². The van der Waals surface area contributed by atoms with Gasteiger partial charge < -0.3 is 19.9 Å². The van der Waals surface area contributed by atoms with E-state index in [1.165, 1.54) is 27.8 Å². The summed E-state index contributed by atoms with van der Waals surface area (Å²) in [7, 11) is 1.60. The van der Waals surface area contributed by atoms with E-state index >= 15 is 0 Å². The summed E-state index contributed by atoms with van der Waals surface area (Å²) < 4.78 is 5.10. The van der Waals surface area contributed by atoms with Crippen LogP contribution in [0.2, 0.25) is 0 Å². The summed E-state index contributed by atoms with van der Waals surface area (Å²) in [5.74, 6) is 1.35. The van der Waals surface area contributed by atoms with E-state index in [4.69, 9.17) is 4.74 Å². The number of quaternary nitrogens is 1. The summed E-state index contributed by atoms with van der Waals surface area (Å²) in [6, 6.07) is 15.7. The maximum Gasteiger partial charge on any atom is 0.234 e. The van der Waals surface area contributed by atoms with Crippen LogP contribution in [0.1, 0.15) is 11.1 Å². The van der Waals surface area contributed by atoms with Crippen molar-refractivity contribution in [3.05, 3.63) is 59.7 Å². The van der Waals surface area contributed by atoms with E-state index < -0.39 is 0 Å². The Bertz CT molecular complexity index is 849. The first-order valence-corrected chi connectivity index (χ1v) is 11.4. The van der Waals surface area contributed by atoms with Crippen molar-refractivity contribution in [1.29, 1.82) is 0 Å². The number of aryl methyl sites for hydroxylation is 1. The van der Waals surface area contributed by atoms with E-state index in [1.807, 2.05) is 4.90 Å². The number of hydrogen-bond acceptors (Lipinski definition) is 4. The molecule has 7 heteroatoms. The second-order valence-corrected chi connectivity index (χ2v) is 8.49. The van der Waals surface area contributed by atoms with Crippen LogP contribution >= 0.6 is 11.8 Å². The topological polar surface area (TPSA) is 63.1 Å². The summed E-state index contributed by atoms with van der Waals surface area (Å²) in [4.78, 5) is 28.0. The van der Waals surface area contributed by atoms with E-state index in [9.17, 15) is 9.59 Å². The second kappa shape index (κ2) is 11.0. The highest BCUT2D eigenvalue weighted by Gasteiger charge is 2.24. The Hall–Kier alpha value is -2.51. The average Bonchev–Trinajstić information content (AvgIpc) is 2.76. The minimum Gasteiger partial charge on any atom is -0.497 e. The number of carbonyl (C=O) groups excluding carboxylic acids is 2. The van der Waals surface area contributed by atoms with Gasteiger partial charge in [0.2, 0.25) is 11.8 Å². The van der Waals surface area contributed by atoms with Gasteiger partial charge in [-0.3, -0.25) is 9.59 Å². The molecule has 2 aromatic rings. The molecule has 3 rings (SSSR count). The fourth-order valence-corrected chi connectivity index (χ4v) is 4.24. The Kier molecular flexibility index (Phi) is 8.16. The van der Waals surface area contributed by atoms with Crippen molar-refractivity contribution >= 4 is 29.3 Å². The fraction of sp³-hybridized carbons (Fsp3) is 0.391. The lowest BCUT2D eigenvalue weighted by atomic mass is 10.1. The Morgan fingerprint density at radius 2 is 1.77 bits per heavy atom. The van der Waals surface area contributed by atoms with Crippen LogP contribution in [0.5, 0.6) is 5.75 Å². The Morgan fingerprint density at radius 3 is 2.43 bits per heavy atom. The highest BCUT2D eigenvalue weighted by atomic mass is 32.2. The minimum absolute atomic E-state index is 0.106. The SMILES string of the molecule is COc1ccc(NC(=O)CSCC(=O)N2CC[NH+](Cc3ccccc3C)CC2)cc1. The molecule has 0 unspecified atom stereocenters. The number of nitrogens with one attached hydrogen (secondary N) is 2. The molecule has 1 fully saturated rings. The number of hydrogen-bond donors (Lipinski definition) is 2. The number of thioether (sulfide) groups is 1. The van der Waals surface area contributed by atoms with Gasteiger partial charge in [-0.15, -0.1) is 11.8 Å². The molecule has 0 spiro atoms. The van der Waals surface area contributed by atoms with Gasteiger partial charge in [0.15, 0.2) is 0 Å². The first kappa shape index (κ1) is 22.2. The third kappa shape index (κ3) is 6.50. The van der Waals surface area contributed by atoms with Crippen LogP contribution in [0.3, 0.4) is 0 Å². The first-order valence-electron chi connectivity index (χ1n) is 10.2. The molecular formula is C23H30N3O3S+. The second-order valence-electron chi connectivity index (χ2n) is 7.50. The standard InChI is InChI=1S/C23H29N3O3S/c1-18-5-3-4-6-19(18)15-25-11-13-26(14-12-25)23(28)17-30-16-22(27)24-20-7-9-21(29-2)10-8-20/h3-10H,11-17H2,1-2H3,(H,24,27)/p+1. The number of carbonyl (C=O) groups is 2. The van der Waals surface area contributed by atoms with E-state index in [0.717, 1.165) is 44.2 Å². The van der Waals surface area contributed by atoms with Crippen LogP contribution < -0.4 is 15.0 Å². The molecule has 30 heavy (non-hydrogen) atoms. The molecule has 2 amide bonds. The van der Waals surface area contributed by atoms with E-state index in [1.54, 1.807) is 31.4 Å². The highest BCUT2D eigenvalue weighted by Crippen LogP contribution is 2.15. The monoisotopic (exact) mass is 428 g/mol. The number of benzene rings is 2. The Balaban J connectivity index is 1.34. The van der Waals surface area contributed by atoms with Gasteiger partial charge in [-0.25, -0.2) is 0 Å². The van der Waals surface area contributed by atoms with Gasteiger partial charge in [-0.1, -0.05) is 24.3 Å². The smallest absolute Gasteiger partial charge is 0.234 e. The van der Waals surface area contributed by atoms with Crippen LogP contribution in [-0.4, -0.2) is 61.5 Å². The summed E-state index contributed by atoms with van der Waals surface area (Å²) >= 11 is 1.36. The molecule has 1 aliphatic rings. The zero-order chi connectivity index (χ0) is 21.3. The molecule has 0 aromatic heterocycles. The van der Waals surface area contributed by atoms with Crippen LogP contribution in [0.15, 0.2) is 48.5 Å². The molecule has 1 heterocycles. The normalized spacial score (nSPS) is 14.4. The maximum atomic E-state index is 12.5. The predicted octanol–water partition coefficient (Wildman–Crippen LogP) is 1.60. The number of ether oxygens (including phenoxy) is 1. The molecule has 0 saturated carbocycles. The third-order valence-corrected chi connectivity index (χ3v) is 6.27.